The minimum absolute atomic E-state index is 0.630. The van der Waals surface area contributed by atoms with Crippen LogP contribution in [0.15, 0.2) is 0 Å². The fourth-order valence-electron chi connectivity index (χ4n) is 2.89. The average molecular weight is 214 g/mol. The normalized spacial score (nSPS) is 32.4. The minimum atomic E-state index is 0.630. The third-order valence-corrected chi connectivity index (χ3v) is 4.96. The van der Waals surface area contributed by atoms with Gasteiger partial charge in [-0.05, 0) is 36.8 Å². The highest BCUT2D eigenvalue weighted by molar-refractivity contribution is 7.19. The van der Waals surface area contributed by atoms with Crippen LogP contribution in [0.2, 0.25) is 0 Å². The van der Waals surface area contributed by atoms with E-state index in [1.165, 1.54) is 57.8 Å². The van der Waals surface area contributed by atoms with Crippen molar-refractivity contribution in [3.63, 3.8) is 0 Å². The van der Waals surface area contributed by atoms with E-state index in [0.29, 0.717) is 5.16 Å². The fraction of sp³-hybridized carbons (Fsp3) is 1.00. The third kappa shape index (κ3) is 3.23. The monoisotopic (exact) mass is 214 g/mol. The summed E-state index contributed by atoms with van der Waals surface area (Å²) in [6.07, 6.45) is 12.9. The van der Waals surface area contributed by atoms with Gasteiger partial charge in [-0.1, -0.05) is 46.0 Å². The first-order valence-electron chi connectivity index (χ1n) is 6.52. The topological polar surface area (TPSA) is 0 Å². The van der Waals surface area contributed by atoms with Crippen LogP contribution in [-0.2, 0) is 0 Å². The first kappa shape index (κ1) is 12.5. The van der Waals surface area contributed by atoms with Crippen molar-refractivity contribution in [1.82, 2.24) is 0 Å². The van der Waals surface area contributed by atoms with Gasteiger partial charge in [-0.3, -0.25) is 0 Å². The predicted octanol–water partition coefficient (Wildman–Crippen LogP) is 4.78. The number of unbranched alkanes of at least 4 members (excludes halogenated alkanes) is 2. The van der Waals surface area contributed by atoms with Crippen LogP contribution >= 0.6 is 9.24 Å². The molecule has 14 heavy (non-hydrogen) atoms. The first-order valence-corrected chi connectivity index (χ1v) is 7.09. The summed E-state index contributed by atoms with van der Waals surface area (Å²) < 4.78 is 0. The highest BCUT2D eigenvalue weighted by atomic mass is 31.0. The molecule has 1 saturated carbocycles. The van der Waals surface area contributed by atoms with Gasteiger partial charge in [-0.25, -0.2) is 0 Å². The highest BCUT2D eigenvalue weighted by Gasteiger charge is 2.37. The molecule has 0 spiro atoms. The van der Waals surface area contributed by atoms with Gasteiger partial charge < -0.3 is 0 Å². The Labute approximate surface area is 92.4 Å². The fourth-order valence-corrected chi connectivity index (χ4v) is 3.63. The maximum atomic E-state index is 3.21. The second kappa shape index (κ2) is 6.11. The number of hydrogen-bond donors (Lipinski definition) is 0. The first-order chi connectivity index (χ1) is 6.73. The Morgan fingerprint density at radius 1 is 1.21 bits per heavy atom. The van der Waals surface area contributed by atoms with E-state index in [0.717, 1.165) is 5.92 Å². The van der Waals surface area contributed by atoms with E-state index in [2.05, 4.69) is 23.1 Å². The molecule has 1 aliphatic carbocycles. The molecule has 0 aromatic carbocycles. The van der Waals surface area contributed by atoms with Crippen LogP contribution in [0.1, 0.15) is 71.6 Å². The third-order valence-electron chi connectivity index (χ3n) is 3.91. The van der Waals surface area contributed by atoms with Crippen molar-refractivity contribution in [3.8, 4) is 0 Å². The van der Waals surface area contributed by atoms with Gasteiger partial charge in [-0.2, -0.15) is 0 Å². The summed E-state index contributed by atoms with van der Waals surface area (Å²) in [5.74, 6) is 1.01. The average Bonchev–Trinajstić information content (AvgIpc) is 2.54. The van der Waals surface area contributed by atoms with Crippen LogP contribution in [0.3, 0.4) is 0 Å². The van der Waals surface area contributed by atoms with E-state index in [-0.39, 0.29) is 0 Å². The summed E-state index contributed by atoms with van der Waals surface area (Å²) >= 11 is 0. The maximum Gasteiger partial charge on any atom is -0.0122 e. The minimum Gasteiger partial charge on any atom is -0.131 e. The van der Waals surface area contributed by atoms with Crippen molar-refractivity contribution in [2.75, 3.05) is 0 Å². The summed E-state index contributed by atoms with van der Waals surface area (Å²) in [6.45, 7) is 4.62. The summed E-state index contributed by atoms with van der Waals surface area (Å²) in [6, 6.07) is 0. The molecule has 0 heterocycles. The maximum absolute atomic E-state index is 3.21. The van der Waals surface area contributed by atoms with Crippen LogP contribution in [0.5, 0.6) is 0 Å². The Balaban J connectivity index is 2.39. The molecular formula is C13H27P. The Bertz CT molecular complexity index is 155. The molecule has 3 unspecified atom stereocenters. The molecular weight excluding hydrogens is 187 g/mol. The zero-order valence-electron chi connectivity index (χ0n) is 10.0. The summed E-state index contributed by atoms with van der Waals surface area (Å²) in [7, 11) is 3.21. The van der Waals surface area contributed by atoms with Gasteiger partial charge in [0.25, 0.3) is 0 Å². The van der Waals surface area contributed by atoms with E-state index < -0.39 is 0 Å². The Hall–Kier alpha value is 0.430. The molecule has 0 N–H and O–H groups in total. The molecule has 0 nitrogen and oxygen atoms in total. The molecule has 0 saturated heterocycles. The van der Waals surface area contributed by atoms with E-state index in [1.807, 2.05) is 0 Å². The summed E-state index contributed by atoms with van der Waals surface area (Å²) in [5.41, 5.74) is 0. The molecule has 0 bridgehead atoms. The van der Waals surface area contributed by atoms with Crippen molar-refractivity contribution in [2.24, 2.45) is 5.92 Å². The molecule has 1 rings (SSSR count). The Kier molecular flexibility index (Phi) is 5.45. The van der Waals surface area contributed by atoms with Crippen molar-refractivity contribution < 1.29 is 0 Å². The van der Waals surface area contributed by atoms with Gasteiger partial charge >= 0.3 is 0 Å². The summed E-state index contributed by atoms with van der Waals surface area (Å²) in [4.78, 5) is 0. The standard InChI is InChI=1S/C13H27P/c1-3-5-8-12-9-7-11-13(12,14)10-6-4-2/h12H,3-11,14H2,1-2H3. The van der Waals surface area contributed by atoms with Crippen molar-refractivity contribution in [2.45, 2.75) is 76.8 Å². The lowest BCUT2D eigenvalue weighted by Crippen LogP contribution is -2.25. The van der Waals surface area contributed by atoms with Gasteiger partial charge in [0.15, 0.2) is 0 Å². The van der Waals surface area contributed by atoms with Crippen molar-refractivity contribution in [3.05, 3.63) is 0 Å². The molecule has 0 amide bonds. The second-order valence-electron chi connectivity index (χ2n) is 5.07. The van der Waals surface area contributed by atoms with Crippen LogP contribution < -0.4 is 0 Å². The zero-order valence-corrected chi connectivity index (χ0v) is 11.2. The molecule has 84 valence electrons. The molecule has 3 atom stereocenters. The number of rotatable bonds is 6. The van der Waals surface area contributed by atoms with Crippen LogP contribution in [0.4, 0.5) is 0 Å². The predicted molar refractivity (Wildman–Crippen MR) is 68.8 cm³/mol. The zero-order chi connectivity index (χ0) is 10.4. The van der Waals surface area contributed by atoms with Gasteiger partial charge in [-0.15, -0.1) is 9.24 Å². The Morgan fingerprint density at radius 2 is 1.93 bits per heavy atom. The van der Waals surface area contributed by atoms with Gasteiger partial charge in [0.2, 0.25) is 0 Å². The van der Waals surface area contributed by atoms with E-state index in [1.54, 1.807) is 0 Å². The smallest absolute Gasteiger partial charge is 0.0122 e. The molecule has 0 aliphatic heterocycles. The molecule has 0 aromatic rings. The number of hydrogen-bond acceptors (Lipinski definition) is 0. The molecule has 1 aliphatic rings. The highest BCUT2D eigenvalue weighted by Crippen LogP contribution is 2.48. The lowest BCUT2D eigenvalue weighted by atomic mass is 9.86. The lowest BCUT2D eigenvalue weighted by Gasteiger charge is -2.31. The van der Waals surface area contributed by atoms with Crippen molar-refractivity contribution >= 4 is 9.24 Å². The van der Waals surface area contributed by atoms with Gasteiger partial charge in [0.05, 0.1) is 0 Å². The largest absolute Gasteiger partial charge is 0.131 e. The molecule has 0 radical (unpaired) electrons. The van der Waals surface area contributed by atoms with Gasteiger partial charge in [0.1, 0.15) is 0 Å². The molecule has 1 heteroatoms. The quantitative estimate of drug-likeness (QED) is 0.558. The van der Waals surface area contributed by atoms with Gasteiger partial charge in [0, 0.05) is 0 Å². The molecule has 1 fully saturated rings. The van der Waals surface area contributed by atoms with Crippen LogP contribution in [0.25, 0.3) is 0 Å². The van der Waals surface area contributed by atoms with E-state index in [9.17, 15) is 0 Å². The molecule has 0 aromatic heterocycles. The van der Waals surface area contributed by atoms with E-state index >= 15 is 0 Å². The lowest BCUT2D eigenvalue weighted by molar-refractivity contribution is 0.365. The summed E-state index contributed by atoms with van der Waals surface area (Å²) in [5, 5.41) is 0.630. The van der Waals surface area contributed by atoms with E-state index in [4.69, 9.17) is 0 Å². The second-order valence-corrected chi connectivity index (χ2v) is 6.22. The Morgan fingerprint density at radius 3 is 2.57 bits per heavy atom. The SMILES string of the molecule is CCCCC1CCCC1(P)CCCC. The van der Waals surface area contributed by atoms with Crippen LogP contribution in [0, 0.1) is 5.92 Å². The van der Waals surface area contributed by atoms with Crippen LogP contribution in [-0.4, -0.2) is 5.16 Å². The van der Waals surface area contributed by atoms with Crippen molar-refractivity contribution in [1.29, 1.82) is 0 Å².